The second kappa shape index (κ2) is 76.0. The average molecular weight is 1580 g/mol. The molecular formula is C83H160N4O19P2. The lowest BCUT2D eigenvalue weighted by molar-refractivity contribution is -0.158. The first-order valence-corrected chi connectivity index (χ1v) is 46.8. The molecule has 0 aliphatic heterocycles. The minimum absolute atomic E-state index is 0.181. The predicted molar refractivity (Wildman–Crippen MR) is 432 cm³/mol. The van der Waals surface area contributed by atoms with E-state index in [-0.39, 0.29) is 75.4 Å². The van der Waals surface area contributed by atoms with Gasteiger partial charge in [-0.15, -0.1) is 0 Å². The van der Waals surface area contributed by atoms with Crippen LogP contribution in [0.2, 0.25) is 0 Å². The van der Waals surface area contributed by atoms with Gasteiger partial charge in [0.1, 0.15) is 25.4 Å². The van der Waals surface area contributed by atoms with Gasteiger partial charge in [0.25, 0.3) is 0 Å². The Morgan fingerprint density at radius 1 is 0.296 bits per heavy atom. The number of phosphoric acid groups is 2. The number of nitrogens with one attached hydrogen (secondary N) is 4. The Balaban J connectivity index is 5.70. The molecular weight excluding hydrogens is 1420 g/mol. The van der Waals surface area contributed by atoms with Crippen molar-refractivity contribution >= 4 is 57.4 Å². The summed E-state index contributed by atoms with van der Waals surface area (Å²) in [5.74, 6) is -2.74. The van der Waals surface area contributed by atoms with Crippen molar-refractivity contribution < 1.29 is 89.5 Å². The fourth-order valence-electron chi connectivity index (χ4n) is 12.8. The number of urea groups is 1. The van der Waals surface area contributed by atoms with Crippen LogP contribution in [0.25, 0.3) is 0 Å². The molecule has 0 aliphatic carbocycles. The third-order valence-electron chi connectivity index (χ3n) is 19.4. The predicted octanol–water partition coefficient (Wildman–Crippen LogP) is 21.2. The summed E-state index contributed by atoms with van der Waals surface area (Å²) in [7, 11) is -9.64. The fraction of sp³-hybridized carbons (Fsp3) is 0.916. The maximum atomic E-state index is 13.4. The minimum atomic E-state index is -4.82. The van der Waals surface area contributed by atoms with E-state index >= 15 is 0 Å². The molecule has 0 rings (SSSR count). The lowest BCUT2D eigenvalue weighted by Gasteiger charge is -2.22. The maximum Gasteiger partial charge on any atom is 0.472 e. The molecule has 0 aromatic carbocycles. The Bertz CT molecular complexity index is 2120. The van der Waals surface area contributed by atoms with Crippen LogP contribution in [0.15, 0.2) is 0 Å². The normalized spacial score (nSPS) is 13.7. The van der Waals surface area contributed by atoms with Crippen molar-refractivity contribution in [2.45, 2.75) is 438 Å². The van der Waals surface area contributed by atoms with Gasteiger partial charge in [-0.3, -0.25) is 46.9 Å². The van der Waals surface area contributed by atoms with E-state index in [1.165, 1.54) is 141 Å². The quantitative estimate of drug-likeness (QED) is 0.0143. The third-order valence-corrected chi connectivity index (χ3v) is 21.4. The number of esters is 4. The number of hydrogen-bond donors (Lipinski definition) is 6. The van der Waals surface area contributed by atoms with Gasteiger partial charge < -0.3 is 50.0 Å². The molecule has 0 saturated heterocycles. The number of hydrogen-bond acceptors (Lipinski definition) is 17. The monoisotopic (exact) mass is 1580 g/mol. The van der Waals surface area contributed by atoms with Gasteiger partial charge in [0.2, 0.25) is 11.8 Å². The van der Waals surface area contributed by atoms with Crippen molar-refractivity contribution in [3.63, 3.8) is 0 Å². The topological polar surface area (TPSA) is 316 Å². The lowest BCUT2D eigenvalue weighted by Crippen LogP contribution is -2.42. The van der Waals surface area contributed by atoms with E-state index in [9.17, 15) is 52.5 Å². The largest absolute Gasteiger partial charge is 0.472 e. The molecule has 108 heavy (non-hydrogen) atoms. The van der Waals surface area contributed by atoms with E-state index in [0.717, 1.165) is 154 Å². The molecule has 0 heterocycles. The molecule has 4 amide bonds. The molecule has 0 aromatic rings. The number of rotatable bonds is 82. The minimum Gasteiger partial charge on any atom is -0.463 e. The molecule has 0 aliphatic rings. The van der Waals surface area contributed by atoms with Crippen molar-refractivity contribution in [2.24, 2.45) is 0 Å². The van der Waals surface area contributed by atoms with E-state index < -0.39 is 97.5 Å². The summed E-state index contributed by atoms with van der Waals surface area (Å²) < 4.78 is 70.2. The molecule has 0 radical (unpaired) electrons. The van der Waals surface area contributed by atoms with Crippen LogP contribution in [0.4, 0.5) is 4.79 Å². The standard InChI is InChI=1S/C83H160N4O19P2/c1-7-13-19-25-29-33-35-39-41-47-53-59-77(88)86-73(69-99-81(92)67-75(57-51-45-23-17-11-5)105-79(90)61-55-49-43-37-31-27-21-15-9-3)71-103-107(95,96)101-65-63-84-83(94)85-64-66-102-108(97,98)104-72-74(87-78(89)60-54-48-42-40-36-34-30-26-20-14-8-2)70-100-82(93)68-76(58-52-46-24-18-12-6)106-80(91)62-56-50-44-38-32-28-22-16-10-4/h73-76H,7-72H2,1-6H3,(H,86,88)(H,87,89)(H,95,96)(H,97,98)(H2,84,85,94)/t73-,74-,75-,76-/m1/s1. The van der Waals surface area contributed by atoms with E-state index in [1.807, 2.05) is 0 Å². The van der Waals surface area contributed by atoms with Crippen molar-refractivity contribution in [1.29, 1.82) is 0 Å². The molecule has 25 heteroatoms. The highest BCUT2D eigenvalue weighted by molar-refractivity contribution is 7.47. The number of phosphoric ester groups is 2. The van der Waals surface area contributed by atoms with Crippen LogP contribution in [0.5, 0.6) is 0 Å². The molecule has 6 atom stereocenters. The first kappa shape index (κ1) is 104. The van der Waals surface area contributed by atoms with Gasteiger partial charge in [-0.1, -0.05) is 324 Å². The van der Waals surface area contributed by atoms with Gasteiger partial charge in [0, 0.05) is 38.8 Å². The van der Waals surface area contributed by atoms with Crippen LogP contribution in [0.3, 0.4) is 0 Å². The fourth-order valence-corrected chi connectivity index (χ4v) is 14.3. The van der Waals surface area contributed by atoms with Gasteiger partial charge in [0.05, 0.1) is 51.4 Å². The molecule has 636 valence electrons. The van der Waals surface area contributed by atoms with Gasteiger partial charge >= 0.3 is 45.6 Å². The second-order valence-corrected chi connectivity index (χ2v) is 32.9. The molecule has 0 saturated carbocycles. The Morgan fingerprint density at radius 3 is 0.806 bits per heavy atom. The van der Waals surface area contributed by atoms with Gasteiger partial charge in [-0.05, 0) is 51.4 Å². The Kier molecular flexibility index (Phi) is 73.4. The van der Waals surface area contributed by atoms with Gasteiger partial charge in [0.15, 0.2) is 0 Å². The van der Waals surface area contributed by atoms with Gasteiger partial charge in [-0.2, -0.15) is 0 Å². The lowest BCUT2D eigenvalue weighted by atomic mass is 10.1. The van der Waals surface area contributed by atoms with E-state index in [4.69, 9.17) is 37.0 Å². The first-order chi connectivity index (χ1) is 52.3. The number of carbonyl (C=O) groups is 7. The molecule has 0 spiro atoms. The van der Waals surface area contributed by atoms with E-state index in [1.54, 1.807) is 0 Å². The summed E-state index contributed by atoms with van der Waals surface area (Å²) in [5.41, 5.74) is 0. The molecule has 0 bridgehead atoms. The highest BCUT2D eigenvalue weighted by Gasteiger charge is 2.29. The summed E-state index contributed by atoms with van der Waals surface area (Å²) in [6.45, 7) is 9.54. The zero-order chi connectivity index (χ0) is 79.5. The smallest absolute Gasteiger partial charge is 0.463 e. The van der Waals surface area contributed by atoms with Crippen molar-refractivity contribution in [3.05, 3.63) is 0 Å². The molecule has 23 nitrogen and oxygen atoms in total. The zero-order valence-electron chi connectivity index (χ0n) is 69.2. The van der Waals surface area contributed by atoms with Crippen LogP contribution in [-0.2, 0) is 74.9 Å². The highest BCUT2D eigenvalue weighted by Crippen LogP contribution is 2.44. The highest BCUT2D eigenvalue weighted by atomic mass is 31.2. The number of ether oxygens (including phenoxy) is 4. The third kappa shape index (κ3) is 72.5. The summed E-state index contributed by atoms with van der Waals surface area (Å²) in [5, 5.41) is 10.4. The van der Waals surface area contributed by atoms with E-state index in [0.29, 0.717) is 38.5 Å². The summed E-state index contributed by atoms with van der Waals surface area (Å²) in [4.78, 5) is 114. The van der Waals surface area contributed by atoms with Crippen LogP contribution in [-0.4, -0.2) is 129 Å². The number of unbranched alkanes of at least 4 members (excludes halogenated alkanes) is 44. The Hall–Kier alpha value is -3.69. The zero-order valence-corrected chi connectivity index (χ0v) is 71.0. The Morgan fingerprint density at radius 2 is 0.537 bits per heavy atom. The van der Waals surface area contributed by atoms with Crippen LogP contribution < -0.4 is 21.3 Å². The van der Waals surface area contributed by atoms with E-state index in [2.05, 4.69) is 62.8 Å². The molecule has 6 N–H and O–H groups in total. The van der Waals surface area contributed by atoms with Gasteiger partial charge in [-0.25, -0.2) is 13.9 Å². The number of carbonyl (C=O) groups excluding carboxylic acids is 7. The average Bonchev–Trinajstić information content (AvgIpc) is 0.913. The summed E-state index contributed by atoms with van der Waals surface area (Å²) >= 11 is 0. The van der Waals surface area contributed by atoms with Crippen LogP contribution in [0, 0.1) is 0 Å². The summed E-state index contributed by atoms with van der Waals surface area (Å²) in [6, 6.07) is -2.89. The summed E-state index contributed by atoms with van der Waals surface area (Å²) in [6.07, 6.45) is 54.1. The Labute approximate surface area is 656 Å². The molecule has 0 fully saturated rings. The molecule has 0 aromatic heterocycles. The van der Waals surface area contributed by atoms with Crippen molar-refractivity contribution in [3.8, 4) is 0 Å². The van der Waals surface area contributed by atoms with Crippen LogP contribution in [0.1, 0.15) is 414 Å². The number of amides is 4. The second-order valence-electron chi connectivity index (χ2n) is 30.0. The molecule has 2 unspecified atom stereocenters. The SMILES string of the molecule is CCCCCCCCCCCCCC(=O)N[C@H](COC(=O)C[C@@H](CCCCCCC)OC(=O)CCCCCCCCCCC)COP(=O)(O)OCCNC(=O)NCCOP(=O)(O)OC[C@@H](COC(=O)C[C@@H](CCCCCCC)OC(=O)CCCCCCCCCCC)NC(=O)CCCCCCCCCCCCC. The first-order valence-electron chi connectivity index (χ1n) is 43.9. The van der Waals surface area contributed by atoms with Crippen molar-refractivity contribution in [1.82, 2.24) is 21.3 Å². The van der Waals surface area contributed by atoms with Crippen molar-refractivity contribution in [2.75, 3.05) is 52.7 Å². The maximum absolute atomic E-state index is 13.4. The van der Waals surface area contributed by atoms with Crippen LogP contribution >= 0.6 is 15.6 Å².